The molecule has 1 aliphatic rings. The van der Waals surface area contributed by atoms with E-state index in [9.17, 15) is 0 Å². The van der Waals surface area contributed by atoms with Crippen molar-refractivity contribution in [1.29, 1.82) is 0 Å². The second kappa shape index (κ2) is 5.98. The lowest BCUT2D eigenvalue weighted by molar-refractivity contribution is 0.463. The van der Waals surface area contributed by atoms with Crippen molar-refractivity contribution < 1.29 is 0 Å². The highest BCUT2D eigenvalue weighted by Crippen LogP contribution is 2.26. The van der Waals surface area contributed by atoms with Crippen LogP contribution in [0.25, 0.3) is 10.8 Å². The number of benzene rings is 2. The molecular formula is C17H21NS. The number of hydrogen-bond donors (Lipinski definition) is 1. The van der Waals surface area contributed by atoms with Gasteiger partial charge in [0.15, 0.2) is 0 Å². The smallest absolute Gasteiger partial charge is 0.0214 e. The third-order valence-corrected chi connectivity index (χ3v) is 5.42. The van der Waals surface area contributed by atoms with E-state index in [1.807, 2.05) is 0 Å². The van der Waals surface area contributed by atoms with Gasteiger partial charge in [-0.1, -0.05) is 49.4 Å². The van der Waals surface area contributed by atoms with E-state index in [4.69, 9.17) is 0 Å². The van der Waals surface area contributed by atoms with E-state index >= 15 is 0 Å². The van der Waals surface area contributed by atoms with Crippen LogP contribution in [0.2, 0.25) is 0 Å². The SMILES string of the molecule is CC1SCCCC1NCc1cccc2ccccc12. The Bertz CT molecular complexity index is 546. The summed E-state index contributed by atoms with van der Waals surface area (Å²) in [5.41, 5.74) is 1.42. The highest BCUT2D eigenvalue weighted by Gasteiger charge is 2.21. The van der Waals surface area contributed by atoms with Gasteiger partial charge in [0.2, 0.25) is 0 Å². The first kappa shape index (κ1) is 13.0. The van der Waals surface area contributed by atoms with Gasteiger partial charge in [-0.15, -0.1) is 0 Å². The van der Waals surface area contributed by atoms with Crippen LogP contribution in [0.4, 0.5) is 0 Å². The highest BCUT2D eigenvalue weighted by atomic mass is 32.2. The fraction of sp³-hybridized carbons (Fsp3) is 0.412. The van der Waals surface area contributed by atoms with Crippen molar-refractivity contribution in [3.63, 3.8) is 0 Å². The molecule has 3 rings (SSSR count). The fourth-order valence-electron chi connectivity index (χ4n) is 2.88. The Kier molecular flexibility index (Phi) is 4.09. The first-order valence-corrected chi connectivity index (χ1v) is 8.21. The van der Waals surface area contributed by atoms with Gasteiger partial charge in [0.1, 0.15) is 0 Å². The average molecular weight is 271 g/mol. The van der Waals surface area contributed by atoms with E-state index in [1.54, 1.807) is 0 Å². The fourth-order valence-corrected chi connectivity index (χ4v) is 4.05. The molecule has 2 aromatic carbocycles. The Morgan fingerprint density at radius 3 is 2.89 bits per heavy atom. The van der Waals surface area contributed by atoms with Crippen molar-refractivity contribution in [3.05, 3.63) is 48.0 Å². The lowest BCUT2D eigenvalue weighted by Crippen LogP contribution is -2.38. The topological polar surface area (TPSA) is 12.0 Å². The summed E-state index contributed by atoms with van der Waals surface area (Å²) < 4.78 is 0. The quantitative estimate of drug-likeness (QED) is 0.897. The lowest BCUT2D eigenvalue weighted by atomic mass is 10.0. The Labute approximate surface area is 119 Å². The van der Waals surface area contributed by atoms with Crippen LogP contribution in [0.1, 0.15) is 25.3 Å². The van der Waals surface area contributed by atoms with Crippen LogP contribution in [0.3, 0.4) is 0 Å². The molecule has 1 fully saturated rings. The Morgan fingerprint density at radius 2 is 2.00 bits per heavy atom. The summed E-state index contributed by atoms with van der Waals surface area (Å²) in [6.07, 6.45) is 2.67. The first-order valence-electron chi connectivity index (χ1n) is 7.16. The third-order valence-electron chi connectivity index (χ3n) is 4.04. The molecule has 1 N–H and O–H groups in total. The van der Waals surface area contributed by atoms with Crippen molar-refractivity contribution in [1.82, 2.24) is 5.32 Å². The predicted molar refractivity (Wildman–Crippen MR) is 85.7 cm³/mol. The van der Waals surface area contributed by atoms with E-state index in [0.29, 0.717) is 6.04 Å². The third kappa shape index (κ3) is 2.96. The number of thioether (sulfide) groups is 1. The maximum absolute atomic E-state index is 3.76. The number of fused-ring (bicyclic) bond motifs is 1. The van der Waals surface area contributed by atoms with Crippen molar-refractivity contribution in [2.24, 2.45) is 0 Å². The Morgan fingerprint density at radius 1 is 1.16 bits per heavy atom. The molecule has 1 saturated heterocycles. The molecule has 100 valence electrons. The van der Waals surface area contributed by atoms with Crippen LogP contribution < -0.4 is 5.32 Å². The van der Waals surface area contributed by atoms with Gasteiger partial charge < -0.3 is 5.32 Å². The maximum Gasteiger partial charge on any atom is 0.0214 e. The highest BCUT2D eigenvalue weighted by molar-refractivity contribution is 7.99. The van der Waals surface area contributed by atoms with Crippen molar-refractivity contribution >= 4 is 22.5 Å². The molecule has 0 amide bonds. The molecule has 19 heavy (non-hydrogen) atoms. The maximum atomic E-state index is 3.76. The van der Waals surface area contributed by atoms with Crippen LogP contribution in [0, 0.1) is 0 Å². The minimum Gasteiger partial charge on any atom is -0.309 e. The summed E-state index contributed by atoms with van der Waals surface area (Å²) >= 11 is 2.10. The van der Waals surface area contributed by atoms with E-state index < -0.39 is 0 Å². The molecular weight excluding hydrogens is 250 g/mol. The normalized spacial score (nSPS) is 23.6. The summed E-state index contributed by atoms with van der Waals surface area (Å²) in [4.78, 5) is 0. The average Bonchev–Trinajstić information content (AvgIpc) is 2.46. The minimum atomic E-state index is 0.665. The van der Waals surface area contributed by atoms with Crippen molar-refractivity contribution in [3.8, 4) is 0 Å². The molecule has 0 radical (unpaired) electrons. The van der Waals surface area contributed by atoms with Crippen molar-refractivity contribution in [2.75, 3.05) is 5.75 Å². The van der Waals surface area contributed by atoms with E-state index in [2.05, 4.69) is 66.5 Å². The molecule has 0 aromatic heterocycles. The molecule has 1 aliphatic heterocycles. The monoisotopic (exact) mass is 271 g/mol. The largest absolute Gasteiger partial charge is 0.309 e. The van der Waals surface area contributed by atoms with Gasteiger partial charge in [-0.2, -0.15) is 11.8 Å². The van der Waals surface area contributed by atoms with Crippen molar-refractivity contribution in [2.45, 2.75) is 37.6 Å². The molecule has 2 aromatic rings. The molecule has 2 atom stereocenters. The number of nitrogens with one attached hydrogen (secondary N) is 1. The van der Waals surface area contributed by atoms with Gasteiger partial charge in [-0.05, 0) is 34.9 Å². The van der Waals surface area contributed by atoms with Crippen LogP contribution in [-0.2, 0) is 6.54 Å². The molecule has 0 spiro atoms. The van der Waals surface area contributed by atoms with E-state index in [0.717, 1.165) is 11.8 Å². The summed E-state index contributed by atoms with van der Waals surface area (Å²) in [6, 6.07) is 15.9. The van der Waals surface area contributed by atoms with Gasteiger partial charge in [-0.3, -0.25) is 0 Å². The van der Waals surface area contributed by atoms with Gasteiger partial charge in [-0.25, -0.2) is 0 Å². The van der Waals surface area contributed by atoms with Crippen LogP contribution in [0.15, 0.2) is 42.5 Å². The van der Waals surface area contributed by atoms with Crippen LogP contribution in [-0.4, -0.2) is 17.0 Å². The minimum absolute atomic E-state index is 0.665. The summed E-state index contributed by atoms with van der Waals surface area (Å²) in [6.45, 7) is 3.33. The summed E-state index contributed by atoms with van der Waals surface area (Å²) in [7, 11) is 0. The molecule has 1 heterocycles. The van der Waals surface area contributed by atoms with Crippen LogP contribution in [0.5, 0.6) is 0 Å². The Balaban J connectivity index is 1.74. The van der Waals surface area contributed by atoms with Gasteiger partial charge >= 0.3 is 0 Å². The van der Waals surface area contributed by atoms with E-state index in [-0.39, 0.29) is 0 Å². The molecule has 0 saturated carbocycles. The van der Waals surface area contributed by atoms with Crippen LogP contribution >= 0.6 is 11.8 Å². The molecule has 2 unspecified atom stereocenters. The molecule has 0 aliphatic carbocycles. The van der Waals surface area contributed by atoms with Gasteiger partial charge in [0, 0.05) is 17.8 Å². The molecule has 1 nitrogen and oxygen atoms in total. The predicted octanol–water partition coefficient (Wildman–Crippen LogP) is 4.21. The van der Waals surface area contributed by atoms with Gasteiger partial charge in [0.05, 0.1) is 0 Å². The van der Waals surface area contributed by atoms with Gasteiger partial charge in [0.25, 0.3) is 0 Å². The first-order chi connectivity index (χ1) is 9.34. The lowest BCUT2D eigenvalue weighted by Gasteiger charge is -2.29. The molecule has 2 heteroatoms. The second-order valence-corrected chi connectivity index (χ2v) is 6.83. The zero-order valence-corrected chi connectivity index (χ0v) is 12.2. The number of hydrogen-bond acceptors (Lipinski definition) is 2. The zero-order chi connectivity index (χ0) is 13.1. The summed E-state index contributed by atoms with van der Waals surface area (Å²) in [5, 5.41) is 7.22. The Hall–Kier alpha value is -0.990. The standard InChI is InChI=1S/C17H21NS/c1-13-17(10-5-11-19-13)18-12-15-8-4-7-14-6-2-3-9-16(14)15/h2-4,6-9,13,17-18H,5,10-12H2,1H3. The number of rotatable bonds is 3. The molecule has 0 bridgehead atoms. The summed E-state index contributed by atoms with van der Waals surface area (Å²) in [5.74, 6) is 1.33. The zero-order valence-electron chi connectivity index (χ0n) is 11.4. The second-order valence-electron chi connectivity index (χ2n) is 5.34. The van der Waals surface area contributed by atoms with E-state index in [1.165, 1.54) is 34.9 Å².